The number of fused-ring (bicyclic) bond motifs is 1. The average Bonchev–Trinajstić information content (AvgIpc) is 2.97. The maximum absolute atomic E-state index is 13.7. The number of rotatable bonds is 6. The first-order chi connectivity index (χ1) is 11.2. The molecule has 0 aliphatic rings. The van der Waals surface area contributed by atoms with E-state index in [0.717, 1.165) is 0 Å². The van der Waals surface area contributed by atoms with Crippen molar-refractivity contribution in [3.8, 4) is 0 Å². The van der Waals surface area contributed by atoms with E-state index in [-0.39, 0.29) is 18.7 Å². The third-order valence-electron chi connectivity index (χ3n) is 3.47. The number of hydrogen-bond acceptors (Lipinski definition) is 6. The number of aliphatic hydroxyl groups excluding tert-OH is 2. The number of benzene rings is 1. The quantitative estimate of drug-likeness (QED) is 0.630. The lowest BCUT2D eigenvalue weighted by molar-refractivity contribution is 0.186. The van der Waals surface area contributed by atoms with Gasteiger partial charge < -0.3 is 15.5 Å². The summed E-state index contributed by atoms with van der Waals surface area (Å²) in [6.45, 7) is 0.381. The number of nitrogens with one attached hydrogen (secondary N) is 1. The SMILES string of the molecule is OCCn1ncc2c(NC[C@H](O)c3ccccc3F)ncnc21. The maximum atomic E-state index is 13.7. The Bertz CT molecular complexity index is 807. The predicted octanol–water partition coefficient (Wildman–Crippen LogP) is 1.10. The minimum atomic E-state index is -1.01. The Labute approximate surface area is 131 Å². The van der Waals surface area contributed by atoms with Gasteiger partial charge in [-0.15, -0.1) is 0 Å². The normalized spacial score (nSPS) is 12.5. The topological polar surface area (TPSA) is 96.1 Å². The van der Waals surface area contributed by atoms with E-state index in [0.29, 0.717) is 23.4 Å². The molecule has 0 fully saturated rings. The molecule has 2 heterocycles. The van der Waals surface area contributed by atoms with Gasteiger partial charge >= 0.3 is 0 Å². The molecule has 2 aromatic heterocycles. The fourth-order valence-corrected chi connectivity index (χ4v) is 2.34. The van der Waals surface area contributed by atoms with Gasteiger partial charge in [0.1, 0.15) is 18.0 Å². The summed E-state index contributed by atoms with van der Waals surface area (Å²) < 4.78 is 15.2. The number of aliphatic hydroxyl groups is 2. The lowest BCUT2D eigenvalue weighted by Gasteiger charge is -2.13. The molecule has 1 aromatic carbocycles. The van der Waals surface area contributed by atoms with E-state index in [9.17, 15) is 9.50 Å². The number of aromatic nitrogens is 4. The molecule has 120 valence electrons. The van der Waals surface area contributed by atoms with Gasteiger partial charge in [0.25, 0.3) is 0 Å². The Morgan fingerprint density at radius 1 is 1.26 bits per heavy atom. The van der Waals surface area contributed by atoms with Crippen LogP contribution in [0.2, 0.25) is 0 Å². The molecular weight excluding hydrogens is 301 g/mol. The molecule has 23 heavy (non-hydrogen) atoms. The average molecular weight is 317 g/mol. The van der Waals surface area contributed by atoms with E-state index < -0.39 is 11.9 Å². The van der Waals surface area contributed by atoms with Crippen LogP contribution in [0.1, 0.15) is 11.7 Å². The minimum Gasteiger partial charge on any atom is -0.394 e. The summed E-state index contributed by atoms with van der Waals surface area (Å²) in [5.41, 5.74) is 0.804. The lowest BCUT2D eigenvalue weighted by atomic mass is 10.1. The summed E-state index contributed by atoms with van der Waals surface area (Å²) in [7, 11) is 0. The number of halogens is 1. The van der Waals surface area contributed by atoms with Crippen molar-refractivity contribution in [1.82, 2.24) is 19.7 Å². The van der Waals surface area contributed by atoms with Crippen LogP contribution in [0, 0.1) is 5.82 Å². The van der Waals surface area contributed by atoms with Crippen LogP contribution >= 0.6 is 0 Å². The molecule has 7 nitrogen and oxygen atoms in total. The Morgan fingerprint density at radius 3 is 2.87 bits per heavy atom. The van der Waals surface area contributed by atoms with Crippen LogP contribution < -0.4 is 5.32 Å². The molecule has 0 amide bonds. The Balaban J connectivity index is 1.78. The molecule has 1 atom stereocenters. The van der Waals surface area contributed by atoms with Gasteiger partial charge in [-0.3, -0.25) is 0 Å². The van der Waals surface area contributed by atoms with E-state index in [1.807, 2.05) is 0 Å². The molecule has 0 bridgehead atoms. The maximum Gasteiger partial charge on any atom is 0.163 e. The van der Waals surface area contributed by atoms with Crippen molar-refractivity contribution in [2.45, 2.75) is 12.6 Å². The van der Waals surface area contributed by atoms with Gasteiger partial charge in [-0.1, -0.05) is 18.2 Å². The van der Waals surface area contributed by atoms with Crippen molar-refractivity contribution in [2.75, 3.05) is 18.5 Å². The van der Waals surface area contributed by atoms with Gasteiger partial charge in [-0.25, -0.2) is 19.0 Å². The summed E-state index contributed by atoms with van der Waals surface area (Å²) in [4.78, 5) is 8.26. The zero-order chi connectivity index (χ0) is 16.2. The second-order valence-corrected chi connectivity index (χ2v) is 4.97. The summed E-state index contributed by atoms with van der Waals surface area (Å²) in [6.07, 6.45) is 1.95. The largest absolute Gasteiger partial charge is 0.394 e. The predicted molar refractivity (Wildman–Crippen MR) is 82.3 cm³/mol. The first-order valence-corrected chi connectivity index (χ1v) is 7.14. The van der Waals surface area contributed by atoms with Crippen LogP contribution in [0.25, 0.3) is 11.0 Å². The van der Waals surface area contributed by atoms with Crippen LogP contribution in [0.3, 0.4) is 0 Å². The molecule has 0 aliphatic carbocycles. The first-order valence-electron chi connectivity index (χ1n) is 7.14. The van der Waals surface area contributed by atoms with Crippen LogP contribution in [-0.4, -0.2) is 43.1 Å². The molecule has 3 rings (SSSR count). The van der Waals surface area contributed by atoms with Gasteiger partial charge in [-0.05, 0) is 6.07 Å². The summed E-state index contributed by atoms with van der Waals surface area (Å²) >= 11 is 0. The van der Waals surface area contributed by atoms with Crippen molar-refractivity contribution < 1.29 is 14.6 Å². The fraction of sp³-hybridized carbons (Fsp3) is 0.267. The summed E-state index contributed by atoms with van der Waals surface area (Å²) in [5, 5.41) is 26.9. The molecule has 8 heteroatoms. The molecule has 0 spiro atoms. The molecule has 0 saturated heterocycles. The zero-order valence-electron chi connectivity index (χ0n) is 12.2. The van der Waals surface area contributed by atoms with Crippen LogP contribution in [-0.2, 0) is 6.54 Å². The molecular formula is C15H16FN5O2. The van der Waals surface area contributed by atoms with E-state index in [2.05, 4.69) is 20.4 Å². The monoisotopic (exact) mass is 317 g/mol. The molecule has 3 aromatic rings. The van der Waals surface area contributed by atoms with Gasteiger partial charge in [0.2, 0.25) is 0 Å². The van der Waals surface area contributed by atoms with Crippen molar-refractivity contribution in [2.24, 2.45) is 0 Å². The molecule has 3 N–H and O–H groups in total. The van der Waals surface area contributed by atoms with Gasteiger partial charge in [0, 0.05) is 12.1 Å². The van der Waals surface area contributed by atoms with Crippen molar-refractivity contribution in [3.05, 3.63) is 48.2 Å². The zero-order valence-corrected chi connectivity index (χ0v) is 12.2. The highest BCUT2D eigenvalue weighted by Gasteiger charge is 2.14. The highest BCUT2D eigenvalue weighted by molar-refractivity contribution is 5.86. The van der Waals surface area contributed by atoms with Crippen molar-refractivity contribution in [1.29, 1.82) is 0 Å². The first kappa shape index (κ1) is 15.3. The summed E-state index contributed by atoms with van der Waals surface area (Å²) in [6, 6.07) is 6.09. The highest BCUT2D eigenvalue weighted by atomic mass is 19.1. The highest BCUT2D eigenvalue weighted by Crippen LogP contribution is 2.21. The van der Waals surface area contributed by atoms with Gasteiger partial charge in [0.15, 0.2) is 5.65 Å². The number of anilines is 1. The van der Waals surface area contributed by atoms with Crippen LogP contribution in [0.4, 0.5) is 10.2 Å². The van der Waals surface area contributed by atoms with E-state index in [4.69, 9.17) is 5.11 Å². The van der Waals surface area contributed by atoms with Gasteiger partial charge in [0.05, 0.1) is 30.8 Å². The Morgan fingerprint density at radius 2 is 2.09 bits per heavy atom. The van der Waals surface area contributed by atoms with E-state index in [1.54, 1.807) is 23.0 Å². The van der Waals surface area contributed by atoms with Gasteiger partial charge in [-0.2, -0.15) is 5.10 Å². The van der Waals surface area contributed by atoms with Crippen LogP contribution in [0.15, 0.2) is 36.8 Å². The smallest absolute Gasteiger partial charge is 0.163 e. The second-order valence-electron chi connectivity index (χ2n) is 4.97. The Hall–Kier alpha value is -2.58. The Kier molecular flexibility index (Phi) is 4.45. The lowest BCUT2D eigenvalue weighted by Crippen LogP contribution is -2.14. The molecule has 0 saturated carbocycles. The van der Waals surface area contributed by atoms with E-state index in [1.165, 1.54) is 18.5 Å². The molecule has 0 aliphatic heterocycles. The standard InChI is InChI=1S/C15H16FN5O2/c16-12-4-2-1-3-10(12)13(23)8-17-14-11-7-20-21(5-6-22)15(11)19-9-18-14/h1-4,7,9,13,22-23H,5-6,8H2,(H,17,18,19)/t13-/m0/s1. The number of hydrogen-bond donors (Lipinski definition) is 3. The van der Waals surface area contributed by atoms with Crippen molar-refractivity contribution in [3.63, 3.8) is 0 Å². The third-order valence-corrected chi connectivity index (χ3v) is 3.47. The third kappa shape index (κ3) is 3.13. The molecule has 0 unspecified atom stereocenters. The fourth-order valence-electron chi connectivity index (χ4n) is 2.34. The van der Waals surface area contributed by atoms with E-state index >= 15 is 0 Å². The van der Waals surface area contributed by atoms with Crippen molar-refractivity contribution >= 4 is 16.9 Å². The second kappa shape index (κ2) is 6.67. The number of nitrogens with zero attached hydrogens (tertiary/aromatic N) is 4. The summed E-state index contributed by atoms with van der Waals surface area (Å²) in [5.74, 6) is 0.0416. The van der Waals surface area contributed by atoms with Crippen LogP contribution in [0.5, 0.6) is 0 Å². The minimum absolute atomic E-state index is 0.0461. The molecule has 0 radical (unpaired) electrons.